The van der Waals surface area contributed by atoms with E-state index in [-0.39, 0.29) is 5.97 Å². The summed E-state index contributed by atoms with van der Waals surface area (Å²) in [5.74, 6) is -0.247. The molecule has 0 atom stereocenters. The van der Waals surface area contributed by atoms with E-state index in [9.17, 15) is 4.79 Å². The summed E-state index contributed by atoms with van der Waals surface area (Å²) < 4.78 is 5.01. The predicted molar refractivity (Wildman–Crippen MR) is 85.6 cm³/mol. The van der Waals surface area contributed by atoms with Gasteiger partial charge in [0.05, 0.1) is 6.61 Å². The van der Waals surface area contributed by atoms with E-state index in [2.05, 4.69) is 17.0 Å². The molecule has 0 aliphatic carbocycles. The Balaban J connectivity index is 1.96. The maximum Gasteiger partial charge on any atom is 0.331 e. The van der Waals surface area contributed by atoms with E-state index >= 15 is 0 Å². The van der Waals surface area contributed by atoms with Gasteiger partial charge in [0.25, 0.3) is 0 Å². The summed E-state index contributed by atoms with van der Waals surface area (Å²) in [6, 6.07) is 4.53. The van der Waals surface area contributed by atoms with Crippen molar-refractivity contribution in [3.05, 3.63) is 34.9 Å². The first-order valence-corrected chi connectivity index (χ1v) is 7.95. The number of carbonyl (C=O) groups excluding carboxylic acids is 1. The SMILES string of the molecule is CCOC(=O)C=C(C)c1cc2c3c(c1)CCCN3CCC2. The molecule has 3 rings (SSSR count). The first kappa shape index (κ1) is 14.2. The van der Waals surface area contributed by atoms with Crippen molar-refractivity contribution in [1.29, 1.82) is 0 Å². The Morgan fingerprint density at radius 2 is 1.86 bits per heavy atom. The zero-order chi connectivity index (χ0) is 14.8. The fourth-order valence-corrected chi connectivity index (χ4v) is 3.48. The van der Waals surface area contributed by atoms with Gasteiger partial charge >= 0.3 is 5.97 Å². The average molecular weight is 285 g/mol. The molecule has 1 aromatic carbocycles. The molecule has 112 valence electrons. The largest absolute Gasteiger partial charge is 0.463 e. The first-order chi connectivity index (χ1) is 10.2. The summed E-state index contributed by atoms with van der Waals surface area (Å²) >= 11 is 0. The summed E-state index contributed by atoms with van der Waals surface area (Å²) in [4.78, 5) is 14.2. The quantitative estimate of drug-likeness (QED) is 0.630. The van der Waals surface area contributed by atoms with Crippen LogP contribution in [0.3, 0.4) is 0 Å². The third kappa shape index (κ3) is 2.82. The van der Waals surface area contributed by atoms with E-state index in [0.29, 0.717) is 6.61 Å². The van der Waals surface area contributed by atoms with Crippen molar-refractivity contribution in [2.45, 2.75) is 39.5 Å². The van der Waals surface area contributed by atoms with E-state index in [4.69, 9.17) is 4.74 Å². The molecule has 0 bridgehead atoms. The van der Waals surface area contributed by atoms with Gasteiger partial charge in [-0.25, -0.2) is 4.79 Å². The number of aryl methyl sites for hydroxylation is 2. The van der Waals surface area contributed by atoms with Crippen LogP contribution in [0, 0.1) is 0 Å². The highest BCUT2D eigenvalue weighted by atomic mass is 16.5. The lowest BCUT2D eigenvalue weighted by molar-refractivity contribution is -0.137. The molecule has 0 N–H and O–H groups in total. The van der Waals surface area contributed by atoms with Gasteiger partial charge in [0.2, 0.25) is 0 Å². The number of allylic oxidation sites excluding steroid dienone is 1. The summed E-state index contributed by atoms with van der Waals surface area (Å²) in [5.41, 5.74) is 6.53. The third-order valence-corrected chi connectivity index (χ3v) is 4.41. The van der Waals surface area contributed by atoms with Crippen molar-refractivity contribution in [2.75, 3.05) is 24.6 Å². The highest BCUT2D eigenvalue weighted by Crippen LogP contribution is 2.37. The van der Waals surface area contributed by atoms with Crippen LogP contribution >= 0.6 is 0 Å². The second-order valence-electron chi connectivity index (χ2n) is 5.92. The van der Waals surface area contributed by atoms with E-state index in [0.717, 1.165) is 18.4 Å². The number of carbonyl (C=O) groups is 1. The van der Waals surface area contributed by atoms with Gasteiger partial charge in [-0.2, -0.15) is 0 Å². The standard InChI is InChI=1S/C18H23NO2/c1-3-21-17(20)10-13(2)16-11-14-6-4-8-19-9-5-7-15(12-16)18(14)19/h10-12H,3-9H2,1-2H3. The minimum absolute atomic E-state index is 0.247. The molecule has 2 heterocycles. The smallest absolute Gasteiger partial charge is 0.331 e. The van der Waals surface area contributed by atoms with Crippen molar-refractivity contribution in [3.63, 3.8) is 0 Å². The Bertz CT molecular complexity index is 558. The summed E-state index contributed by atoms with van der Waals surface area (Å²) in [7, 11) is 0. The predicted octanol–water partition coefficient (Wildman–Crippen LogP) is 3.35. The maximum atomic E-state index is 11.6. The van der Waals surface area contributed by atoms with E-state index < -0.39 is 0 Å². The summed E-state index contributed by atoms with van der Waals surface area (Å²) in [6.07, 6.45) is 6.38. The van der Waals surface area contributed by atoms with E-state index in [1.54, 1.807) is 6.08 Å². The number of rotatable bonds is 3. The molecule has 0 spiro atoms. The van der Waals surface area contributed by atoms with Crippen LogP contribution in [0.2, 0.25) is 0 Å². The number of ether oxygens (including phenoxy) is 1. The van der Waals surface area contributed by atoms with Gasteiger partial charge in [-0.3, -0.25) is 0 Å². The number of anilines is 1. The van der Waals surface area contributed by atoms with Crippen molar-refractivity contribution in [3.8, 4) is 0 Å². The Hall–Kier alpha value is -1.77. The molecule has 0 unspecified atom stereocenters. The van der Waals surface area contributed by atoms with Crippen LogP contribution < -0.4 is 4.90 Å². The molecule has 2 aliphatic heterocycles. The lowest BCUT2D eigenvalue weighted by Gasteiger charge is -2.37. The molecule has 0 saturated heterocycles. The molecule has 3 heteroatoms. The molecule has 3 nitrogen and oxygen atoms in total. The van der Waals surface area contributed by atoms with Gasteiger partial charge in [0.15, 0.2) is 0 Å². The minimum Gasteiger partial charge on any atom is -0.463 e. The van der Waals surface area contributed by atoms with Gasteiger partial charge in [0, 0.05) is 24.9 Å². The second-order valence-corrected chi connectivity index (χ2v) is 5.92. The van der Waals surface area contributed by atoms with E-state index in [1.165, 1.54) is 48.3 Å². The van der Waals surface area contributed by atoms with Crippen LogP contribution in [-0.2, 0) is 22.4 Å². The lowest BCUT2D eigenvalue weighted by Crippen LogP contribution is -2.34. The molecule has 0 aromatic heterocycles. The number of hydrogen-bond donors (Lipinski definition) is 0. The normalized spacial score (nSPS) is 17.4. The molecule has 2 aliphatic rings. The van der Waals surface area contributed by atoms with E-state index in [1.807, 2.05) is 13.8 Å². The Labute approximate surface area is 126 Å². The summed E-state index contributed by atoms with van der Waals surface area (Å²) in [5, 5.41) is 0. The minimum atomic E-state index is -0.247. The average Bonchev–Trinajstić information content (AvgIpc) is 2.48. The van der Waals surface area contributed by atoms with Crippen molar-refractivity contribution in [2.24, 2.45) is 0 Å². The van der Waals surface area contributed by atoms with Crippen LogP contribution in [0.4, 0.5) is 5.69 Å². The molecule has 0 fully saturated rings. The van der Waals surface area contributed by atoms with Crippen LogP contribution in [0.1, 0.15) is 43.4 Å². The Morgan fingerprint density at radius 1 is 1.24 bits per heavy atom. The zero-order valence-corrected chi connectivity index (χ0v) is 12.9. The van der Waals surface area contributed by atoms with Gasteiger partial charge in [-0.15, -0.1) is 0 Å². The topological polar surface area (TPSA) is 29.5 Å². The summed E-state index contributed by atoms with van der Waals surface area (Å²) in [6.45, 7) is 6.63. The van der Waals surface area contributed by atoms with Crippen LogP contribution in [0.15, 0.2) is 18.2 Å². The highest BCUT2D eigenvalue weighted by Gasteiger charge is 2.24. The van der Waals surface area contributed by atoms with Gasteiger partial charge < -0.3 is 9.64 Å². The number of esters is 1. The molecule has 0 amide bonds. The molecular weight excluding hydrogens is 262 g/mol. The zero-order valence-electron chi connectivity index (χ0n) is 12.9. The lowest BCUT2D eigenvalue weighted by atomic mass is 9.88. The van der Waals surface area contributed by atoms with Crippen molar-refractivity contribution in [1.82, 2.24) is 0 Å². The molecule has 0 saturated carbocycles. The fourth-order valence-electron chi connectivity index (χ4n) is 3.48. The molecular formula is C18H23NO2. The van der Waals surface area contributed by atoms with Crippen molar-refractivity contribution >= 4 is 17.2 Å². The first-order valence-electron chi connectivity index (χ1n) is 7.95. The van der Waals surface area contributed by atoms with Gasteiger partial charge in [0.1, 0.15) is 0 Å². The third-order valence-electron chi connectivity index (χ3n) is 4.41. The Kier molecular flexibility index (Phi) is 4.00. The number of benzene rings is 1. The number of nitrogens with zero attached hydrogens (tertiary/aromatic N) is 1. The monoisotopic (exact) mass is 285 g/mol. The van der Waals surface area contributed by atoms with Crippen LogP contribution in [-0.4, -0.2) is 25.7 Å². The second kappa shape index (κ2) is 5.92. The maximum absolute atomic E-state index is 11.6. The number of hydrogen-bond acceptors (Lipinski definition) is 3. The highest BCUT2D eigenvalue weighted by molar-refractivity contribution is 5.91. The van der Waals surface area contributed by atoms with Crippen molar-refractivity contribution < 1.29 is 9.53 Å². The molecule has 21 heavy (non-hydrogen) atoms. The molecule has 1 aromatic rings. The van der Waals surface area contributed by atoms with Crippen LogP contribution in [0.5, 0.6) is 0 Å². The van der Waals surface area contributed by atoms with Gasteiger partial charge in [-0.1, -0.05) is 0 Å². The molecule has 0 radical (unpaired) electrons. The van der Waals surface area contributed by atoms with Crippen LogP contribution in [0.25, 0.3) is 5.57 Å². The fraction of sp³-hybridized carbons (Fsp3) is 0.500. The van der Waals surface area contributed by atoms with Gasteiger partial charge in [-0.05, 0) is 73.9 Å². The Morgan fingerprint density at radius 3 is 2.43 bits per heavy atom.